The summed E-state index contributed by atoms with van der Waals surface area (Å²) in [6.07, 6.45) is 0. The predicted octanol–water partition coefficient (Wildman–Crippen LogP) is 0.135. The Hall–Kier alpha value is -1.13. The average molecular weight is 136 g/mol. The first-order valence-corrected chi connectivity index (χ1v) is 2.14. The number of carboxylic acid groups (broad SMARTS) is 1. The number of hydrogen-bond acceptors (Lipinski definition) is 3. The van der Waals surface area contributed by atoms with Gasteiger partial charge in [-0.2, -0.15) is 0 Å². The van der Waals surface area contributed by atoms with E-state index in [0.717, 1.165) is 6.92 Å². The highest BCUT2D eigenvalue weighted by atomic mass is 19.3. The summed E-state index contributed by atoms with van der Waals surface area (Å²) < 4.78 is 10.9. The van der Waals surface area contributed by atoms with Crippen molar-refractivity contribution in [3.05, 3.63) is 0 Å². The normalized spacial score (nSPS) is 12.2. The van der Waals surface area contributed by atoms with E-state index in [-0.39, 0.29) is 0 Å². The van der Waals surface area contributed by atoms with Crippen LogP contribution < -0.4 is 0 Å². The molecule has 0 spiro atoms. The van der Waals surface area contributed by atoms with Crippen LogP contribution in [0.1, 0.15) is 6.92 Å². The second-order valence-corrected chi connectivity index (χ2v) is 1.46. The molecule has 1 N–H and O–H groups in total. The van der Waals surface area contributed by atoms with E-state index in [1.54, 1.807) is 0 Å². The predicted molar refractivity (Wildman–Crippen MR) is 24.0 cm³/mol. The summed E-state index contributed by atoms with van der Waals surface area (Å²) in [5.74, 6) is -4.23. The Bertz CT molecular complexity index is 133. The van der Waals surface area contributed by atoms with Gasteiger partial charge in [0.2, 0.25) is 0 Å². The maximum Gasteiger partial charge on any atom is 0.362 e. The van der Waals surface area contributed by atoms with Crippen LogP contribution in [-0.4, -0.2) is 17.0 Å². The van der Waals surface area contributed by atoms with Gasteiger partial charge in [0.25, 0.3) is 0 Å². The first-order valence-electron chi connectivity index (χ1n) is 2.14. The highest BCUT2D eigenvalue weighted by Crippen LogP contribution is 1.97. The Kier molecular flexibility index (Phi) is 2.63. The summed E-state index contributed by atoms with van der Waals surface area (Å²) in [5, 5.41) is 8.02. The molecule has 0 bridgehead atoms. The van der Waals surface area contributed by atoms with Crippen LogP contribution in [-0.2, 0) is 14.5 Å². The van der Waals surface area contributed by atoms with Crippen LogP contribution >= 0.6 is 0 Å². The fourth-order valence-electron chi connectivity index (χ4n) is 0.168. The SMILES string of the molecule is CC(C(=O)O)C(=O)OF. The number of hydrogen-bond donors (Lipinski definition) is 1. The quantitative estimate of drug-likeness (QED) is 0.548. The molecule has 0 heterocycles. The molecule has 0 radical (unpaired) electrons. The largest absolute Gasteiger partial charge is 0.481 e. The van der Waals surface area contributed by atoms with E-state index in [4.69, 9.17) is 5.11 Å². The van der Waals surface area contributed by atoms with Crippen molar-refractivity contribution in [2.75, 3.05) is 0 Å². The van der Waals surface area contributed by atoms with Gasteiger partial charge >= 0.3 is 11.9 Å². The Labute approximate surface area is 50.1 Å². The minimum Gasteiger partial charge on any atom is -0.481 e. The van der Waals surface area contributed by atoms with E-state index < -0.39 is 17.9 Å². The van der Waals surface area contributed by atoms with Crippen LogP contribution in [0.15, 0.2) is 0 Å². The van der Waals surface area contributed by atoms with Crippen LogP contribution in [0.4, 0.5) is 4.53 Å². The van der Waals surface area contributed by atoms with Gasteiger partial charge in [0.05, 0.1) is 0 Å². The third-order valence-electron chi connectivity index (χ3n) is 0.800. The van der Waals surface area contributed by atoms with Crippen molar-refractivity contribution in [3.63, 3.8) is 0 Å². The standard InChI is InChI=1S/C4H5FO4/c1-2(3(6)7)4(8)9-5/h2H,1H3,(H,6,7). The molecule has 0 rings (SSSR count). The second kappa shape index (κ2) is 3.01. The van der Waals surface area contributed by atoms with Gasteiger partial charge < -0.3 is 5.11 Å². The van der Waals surface area contributed by atoms with Crippen LogP contribution in [0.5, 0.6) is 0 Å². The number of rotatable bonds is 2. The topological polar surface area (TPSA) is 63.6 Å². The Balaban J connectivity index is 3.88. The van der Waals surface area contributed by atoms with Crippen LogP contribution in [0.3, 0.4) is 0 Å². The number of carboxylic acids is 1. The smallest absolute Gasteiger partial charge is 0.362 e. The maximum absolute atomic E-state index is 10.9. The van der Waals surface area contributed by atoms with Crippen molar-refractivity contribution in [1.82, 2.24) is 0 Å². The molecule has 0 aromatic carbocycles. The zero-order valence-corrected chi connectivity index (χ0v) is 4.63. The Morgan fingerprint density at radius 1 is 1.67 bits per heavy atom. The van der Waals surface area contributed by atoms with Crippen LogP contribution in [0.2, 0.25) is 0 Å². The molecule has 0 fully saturated rings. The van der Waals surface area contributed by atoms with E-state index in [1.807, 2.05) is 0 Å². The zero-order chi connectivity index (χ0) is 7.44. The maximum atomic E-state index is 10.9. The molecule has 1 unspecified atom stereocenters. The Morgan fingerprint density at radius 3 is 2.22 bits per heavy atom. The second-order valence-electron chi connectivity index (χ2n) is 1.46. The third kappa shape index (κ3) is 2.07. The van der Waals surface area contributed by atoms with Crippen molar-refractivity contribution in [2.45, 2.75) is 6.92 Å². The summed E-state index contributed by atoms with van der Waals surface area (Å²) >= 11 is 0. The lowest BCUT2D eigenvalue weighted by Gasteiger charge is -1.96. The van der Waals surface area contributed by atoms with Gasteiger partial charge in [0.15, 0.2) is 5.92 Å². The minimum atomic E-state index is -1.44. The number of aliphatic carboxylic acids is 1. The molecular weight excluding hydrogens is 131 g/mol. The van der Waals surface area contributed by atoms with Gasteiger partial charge in [-0.05, 0) is 6.92 Å². The van der Waals surface area contributed by atoms with E-state index in [2.05, 4.69) is 4.94 Å². The lowest BCUT2D eigenvalue weighted by atomic mass is 10.2. The van der Waals surface area contributed by atoms with Crippen molar-refractivity contribution in [3.8, 4) is 0 Å². The Morgan fingerprint density at radius 2 is 2.11 bits per heavy atom. The molecule has 4 nitrogen and oxygen atoms in total. The van der Waals surface area contributed by atoms with Crippen molar-refractivity contribution >= 4 is 11.9 Å². The van der Waals surface area contributed by atoms with Gasteiger partial charge in [0, 0.05) is 4.53 Å². The summed E-state index contributed by atoms with van der Waals surface area (Å²) in [6, 6.07) is 0. The summed E-state index contributed by atoms with van der Waals surface area (Å²) in [4.78, 5) is 22.5. The monoisotopic (exact) mass is 136 g/mol. The molecular formula is C4H5FO4. The van der Waals surface area contributed by atoms with E-state index in [0.29, 0.717) is 0 Å². The summed E-state index contributed by atoms with van der Waals surface area (Å²) in [7, 11) is 0. The first kappa shape index (κ1) is 7.87. The highest BCUT2D eigenvalue weighted by Gasteiger charge is 2.22. The van der Waals surface area contributed by atoms with E-state index in [1.165, 1.54) is 0 Å². The fraction of sp³-hybridized carbons (Fsp3) is 0.500. The summed E-state index contributed by atoms with van der Waals surface area (Å²) in [6.45, 7) is 1.03. The lowest BCUT2D eigenvalue weighted by Crippen LogP contribution is -2.20. The van der Waals surface area contributed by atoms with Gasteiger partial charge in [-0.15, -0.1) is 0 Å². The molecule has 0 aromatic heterocycles. The van der Waals surface area contributed by atoms with E-state index >= 15 is 0 Å². The van der Waals surface area contributed by atoms with Crippen LogP contribution in [0, 0.1) is 5.92 Å². The first-order chi connectivity index (χ1) is 4.09. The molecule has 0 aromatic rings. The number of halogens is 1. The molecule has 0 aliphatic heterocycles. The number of carbonyl (C=O) groups excluding carboxylic acids is 1. The number of carbonyl (C=O) groups is 2. The molecule has 52 valence electrons. The summed E-state index contributed by atoms with van der Waals surface area (Å²) in [5.41, 5.74) is 0. The van der Waals surface area contributed by atoms with E-state index in [9.17, 15) is 14.1 Å². The minimum absolute atomic E-state index is 1.03. The molecule has 0 saturated carbocycles. The third-order valence-corrected chi connectivity index (χ3v) is 0.800. The molecule has 0 saturated heterocycles. The fourth-order valence-corrected chi connectivity index (χ4v) is 0.168. The molecule has 9 heavy (non-hydrogen) atoms. The molecule has 1 atom stereocenters. The van der Waals surface area contributed by atoms with Gasteiger partial charge in [0.1, 0.15) is 0 Å². The molecule has 0 amide bonds. The lowest BCUT2D eigenvalue weighted by molar-refractivity contribution is -0.191. The highest BCUT2D eigenvalue weighted by molar-refractivity contribution is 5.93. The van der Waals surface area contributed by atoms with Gasteiger partial charge in [-0.1, -0.05) is 0 Å². The van der Waals surface area contributed by atoms with Gasteiger partial charge in [-0.25, -0.2) is 4.79 Å². The average Bonchev–Trinajstić information content (AvgIpc) is 1.84. The molecule has 0 aliphatic rings. The van der Waals surface area contributed by atoms with Crippen LogP contribution in [0.25, 0.3) is 0 Å². The molecule has 5 heteroatoms. The molecule has 0 aliphatic carbocycles. The zero-order valence-electron chi connectivity index (χ0n) is 4.63. The van der Waals surface area contributed by atoms with Gasteiger partial charge in [-0.3, -0.25) is 9.74 Å². The van der Waals surface area contributed by atoms with Crippen molar-refractivity contribution < 1.29 is 24.2 Å². The van der Waals surface area contributed by atoms with Crippen molar-refractivity contribution in [1.29, 1.82) is 0 Å². The van der Waals surface area contributed by atoms with Crippen molar-refractivity contribution in [2.24, 2.45) is 5.92 Å².